The molecule has 0 aromatic rings. The number of rotatable bonds is 1. The largest absolute Gasteiger partial charge is 0.352 e. The van der Waals surface area contributed by atoms with Crippen LogP contribution in [0.25, 0.3) is 0 Å². The maximum Gasteiger partial charge on any atom is 0.185 e. The Labute approximate surface area is 77.5 Å². The molecule has 0 spiro atoms. The summed E-state index contributed by atoms with van der Waals surface area (Å²) in [7, 11) is 0. The van der Waals surface area contributed by atoms with Crippen LogP contribution in [0.5, 0.6) is 0 Å². The maximum atomic E-state index is 10.1. The molecule has 1 saturated heterocycles. The van der Waals surface area contributed by atoms with E-state index in [1.165, 1.54) is 0 Å². The second kappa shape index (κ2) is 4.79. The van der Waals surface area contributed by atoms with Crippen molar-refractivity contribution >= 4 is 40.6 Å². The molecule has 1 aliphatic rings. The van der Waals surface area contributed by atoms with Crippen molar-refractivity contribution in [1.82, 2.24) is 0 Å². The summed E-state index contributed by atoms with van der Waals surface area (Å²) in [6.45, 7) is 0.361. The summed E-state index contributed by atoms with van der Waals surface area (Å²) >= 11 is -1.89. The van der Waals surface area contributed by atoms with Crippen LogP contribution in [0.2, 0.25) is 0 Å². The first kappa shape index (κ1) is 10.0. The van der Waals surface area contributed by atoms with Gasteiger partial charge >= 0.3 is 0 Å². The third-order valence-corrected chi connectivity index (χ3v) is 1.54. The van der Waals surface area contributed by atoms with E-state index in [2.05, 4.69) is 9.47 Å². The average molecular weight is 161 g/mol. The summed E-state index contributed by atoms with van der Waals surface area (Å²) in [4.78, 5) is 0. The van der Waals surface area contributed by atoms with Crippen LogP contribution in [-0.4, -0.2) is 57.2 Å². The minimum Gasteiger partial charge on any atom is -0.352 e. The molecule has 49 valence electrons. The van der Waals surface area contributed by atoms with E-state index in [-0.39, 0.29) is 43.0 Å². The zero-order valence-electron chi connectivity index (χ0n) is 5.07. The van der Waals surface area contributed by atoms with Crippen LogP contribution in [0.3, 0.4) is 0 Å². The number of hydrogen-bond acceptors (Lipinski definition) is 3. The average Bonchev–Trinajstić information content (AvgIpc) is 2.12. The van der Waals surface area contributed by atoms with Crippen molar-refractivity contribution in [3.05, 3.63) is 0 Å². The quantitative estimate of drug-likeness (QED) is 0.402. The monoisotopic (exact) mass is 161 g/mol. The van der Waals surface area contributed by atoms with Gasteiger partial charge in [0, 0.05) is 29.6 Å². The fraction of sp³-hybridized carbons (Fsp3) is 1.00. The van der Waals surface area contributed by atoms with Crippen molar-refractivity contribution < 1.29 is 18.2 Å². The van der Waals surface area contributed by atoms with Gasteiger partial charge in [0.2, 0.25) is 0 Å². The van der Waals surface area contributed by atoms with E-state index in [1.807, 2.05) is 0 Å². The Balaban J connectivity index is 0.000000640. The molecular formula is C3H6NaO4S. The molecule has 4 nitrogen and oxygen atoms in total. The molecule has 0 bridgehead atoms. The zero-order chi connectivity index (χ0) is 5.98. The first-order valence-corrected chi connectivity index (χ1v) is 3.26. The van der Waals surface area contributed by atoms with Gasteiger partial charge in [-0.2, -0.15) is 0 Å². The van der Waals surface area contributed by atoms with Crippen molar-refractivity contribution in [2.45, 2.75) is 5.44 Å². The Morgan fingerprint density at radius 1 is 1.67 bits per heavy atom. The van der Waals surface area contributed by atoms with E-state index in [9.17, 15) is 4.21 Å². The van der Waals surface area contributed by atoms with Crippen molar-refractivity contribution in [3.8, 4) is 0 Å². The van der Waals surface area contributed by atoms with E-state index in [1.54, 1.807) is 0 Å². The molecular weight excluding hydrogens is 155 g/mol. The molecule has 6 heteroatoms. The molecule has 1 radical (unpaired) electrons. The smallest absolute Gasteiger partial charge is 0.185 e. The second-order valence-corrected chi connectivity index (χ2v) is 2.44. The van der Waals surface area contributed by atoms with Gasteiger partial charge in [-0.3, -0.25) is 0 Å². The van der Waals surface area contributed by atoms with Crippen molar-refractivity contribution in [1.29, 1.82) is 0 Å². The Hall–Kier alpha value is 1.03. The van der Waals surface area contributed by atoms with Crippen LogP contribution < -0.4 is 0 Å². The zero-order valence-corrected chi connectivity index (χ0v) is 7.89. The summed E-state index contributed by atoms with van der Waals surface area (Å²) in [6, 6.07) is 0. The number of hydrogen-bond donors (Lipinski definition) is 1. The van der Waals surface area contributed by atoms with E-state index in [4.69, 9.17) is 4.55 Å². The fourth-order valence-corrected chi connectivity index (χ4v) is 0.817. The molecule has 0 aromatic heterocycles. The summed E-state index contributed by atoms with van der Waals surface area (Å²) in [5.74, 6) is 0. The normalized spacial score (nSPS) is 29.2. The third-order valence-electron chi connectivity index (χ3n) is 0.816. The van der Waals surface area contributed by atoms with Gasteiger partial charge in [0.05, 0.1) is 6.61 Å². The van der Waals surface area contributed by atoms with Gasteiger partial charge in [-0.15, -0.1) is 0 Å². The van der Waals surface area contributed by atoms with Crippen LogP contribution in [0.15, 0.2) is 0 Å². The van der Waals surface area contributed by atoms with Crippen molar-refractivity contribution in [2.24, 2.45) is 0 Å². The second-order valence-electron chi connectivity index (χ2n) is 1.36. The van der Waals surface area contributed by atoms with E-state index >= 15 is 0 Å². The molecule has 1 heterocycles. The molecule has 1 aliphatic heterocycles. The first-order valence-electron chi connectivity index (χ1n) is 2.09. The molecule has 2 unspecified atom stereocenters. The Bertz CT molecular complexity index is 102. The van der Waals surface area contributed by atoms with Gasteiger partial charge in [0.15, 0.2) is 16.5 Å². The first-order chi connectivity index (χ1) is 3.80. The van der Waals surface area contributed by atoms with Gasteiger partial charge in [0.25, 0.3) is 0 Å². The van der Waals surface area contributed by atoms with Crippen LogP contribution in [0.1, 0.15) is 0 Å². The Morgan fingerprint density at radius 3 is 2.56 bits per heavy atom. The molecule has 1 N–H and O–H groups in total. The number of ether oxygens (including phenoxy) is 2. The summed E-state index contributed by atoms with van der Waals surface area (Å²) in [5, 5.41) is 0. The maximum absolute atomic E-state index is 10.1. The molecule has 0 saturated carbocycles. The van der Waals surface area contributed by atoms with Gasteiger partial charge in [-0.25, -0.2) is 4.21 Å². The molecule has 1 rings (SSSR count). The molecule has 1 fully saturated rings. The van der Waals surface area contributed by atoms with Gasteiger partial charge in [-0.1, -0.05) is 0 Å². The predicted octanol–water partition coefficient (Wildman–Crippen LogP) is -0.842. The fourth-order valence-electron chi connectivity index (χ4n) is 0.433. The Kier molecular flexibility index (Phi) is 5.33. The SMILES string of the molecule is O=S(O)C1COCO1.[Na]. The predicted molar refractivity (Wildman–Crippen MR) is 32.2 cm³/mol. The van der Waals surface area contributed by atoms with Gasteiger partial charge < -0.3 is 14.0 Å². The standard InChI is InChI=1S/C3H6O4S.Na/c4-8(5)3-1-6-2-7-3;/h3H,1-2H2,(H,4,5);. The van der Waals surface area contributed by atoms with Crippen LogP contribution in [0, 0.1) is 0 Å². The van der Waals surface area contributed by atoms with E-state index in [0.29, 0.717) is 0 Å². The minimum absolute atomic E-state index is 0. The Morgan fingerprint density at radius 2 is 2.33 bits per heavy atom. The van der Waals surface area contributed by atoms with Gasteiger partial charge in [-0.05, 0) is 0 Å². The minimum atomic E-state index is -1.89. The molecule has 0 aliphatic carbocycles. The van der Waals surface area contributed by atoms with E-state index < -0.39 is 16.5 Å². The van der Waals surface area contributed by atoms with Gasteiger partial charge in [0.1, 0.15) is 6.79 Å². The molecule has 2 atom stereocenters. The van der Waals surface area contributed by atoms with Crippen molar-refractivity contribution in [2.75, 3.05) is 13.4 Å². The summed E-state index contributed by atoms with van der Waals surface area (Å²) < 4.78 is 27.7. The summed E-state index contributed by atoms with van der Waals surface area (Å²) in [5.41, 5.74) is -0.630. The van der Waals surface area contributed by atoms with Crippen LogP contribution in [0.4, 0.5) is 0 Å². The topological polar surface area (TPSA) is 55.8 Å². The molecule has 0 aromatic carbocycles. The van der Waals surface area contributed by atoms with Crippen LogP contribution >= 0.6 is 0 Å². The molecule has 9 heavy (non-hydrogen) atoms. The summed E-state index contributed by atoms with van der Waals surface area (Å²) in [6.07, 6.45) is 0. The third kappa shape index (κ3) is 3.08. The van der Waals surface area contributed by atoms with Crippen molar-refractivity contribution in [3.63, 3.8) is 0 Å². The van der Waals surface area contributed by atoms with E-state index in [0.717, 1.165) is 0 Å². The molecule has 0 amide bonds. The van der Waals surface area contributed by atoms with Crippen LogP contribution in [-0.2, 0) is 20.6 Å².